The van der Waals surface area contributed by atoms with E-state index in [1.807, 2.05) is 0 Å². The Balaban J connectivity index is -0.000000643. The molecule has 2 unspecified atom stereocenters. The van der Waals surface area contributed by atoms with E-state index in [4.69, 9.17) is 37.9 Å². The van der Waals surface area contributed by atoms with Crippen LogP contribution in [0.2, 0.25) is 0 Å². The fourth-order valence-electron chi connectivity index (χ4n) is 17.6. The normalized spacial score (nSPS) is 16.7. The number of unbranched alkanes of at least 4 members (excludes halogenated alkanes) is 2. The third-order valence-electron chi connectivity index (χ3n) is 26.5. The zero-order valence-electron chi connectivity index (χ0n) is 89.6. The summed E-state index contributed by atoms with van der Waals surface area (Å²) in [5.41, 5.74) is 0.0161. The van der Waals surface area contributed by atoms with Crippen LogP contribution in [0, 0.1) is 0 Å². The number of hydrogen-bond acceptors (Lipinski definition) is 8. The molecule has 0 bridgehead atoms. The molecule has 4 aliphatic carbocycles. The molecule has 16 nitrogen and oxygen atoms in total. The molecule has 120 heavy (non-hydrogen) atoms. The van der Waals surface area contributed by atoms with Gasteiger partial charge in [0.15, 0.2) is 0 Å². The molecule has 0 heterocycles. The predicted molar refractivity (Wildman–Crippen MR) is 528 cm³/mol. The van der Waals surface area contributed by atoms with E-state index in [1.165, 1.54) is 338 Å². The SMILES string of the molecule is CC(C)(C)OCC[N+](C)(C)C.CCCC[N+](CC)(CCC)CCOC(C)(C)C.CCCC[N+](CC)(CCC)CCOC1CCCC1.CCC[N+](CC)(CCC)CCOC(C)(C)C.CCC[N+](CC)(CCC)CCOC1CCCC1.CC[N+](CC)(CC)CCOC(C)(C)C.CC[N+](CC)(CC)CCOC1CCCC1.C[N+](C)(C)CCOC1CCCC1. The van der Waals surface area contributed by atoms with Gasteiger partial charge in [-0.3, -0.25) is 0 Å². The van der Waals surface area contributed by atoms with Crippen LogP contribution >= 0.6 is 0 Å². The van der Waals surface area contributed by atoms with Crippen LogP contribution in [0.25, 0.3) is 0 Å². The van der Waals surface area contributed by atoms with E-state index in [0.717, 1.165) is 88.0 Å². The Bertz CT molecular complexity index is 2150. The second-order valence-corrected chi connectivity index (χ2v) is 43.0. The molecule has 0 radical (unpaired) electrons. The summed E-state index contributed by atoms with van der Waals surface area (Å²) in [5.74, 6) is 0. The zero-order valence-corrected chi connectivity index (χ0v) is 89.6. The van der Waals surface area contributed by atoms with E-state index >= 15 is 0 Å². The quantitative estimate of drug-likeness (QED) is 0.0558. The highest BCUT2D eigenvalue weighted by Gasteiger charge is 2.31. The Labute approximate surface area is 756 Å². The minimum Gasteiger partial charge on any atom is -0.372 e. The smallest absolute Gasteiger partial charge is 0.102 e. The first-order valence-electron chi connectivity index (χ1n) is 52.0. The molecular formula is C104H232N8O8+8. The Hall–Kier alpha value is -0.640. The van der Waals surface area contributed by atoms with Crippen LogP contribution in [-0.4, -0.2) is 348 Å². The Morgan fingerprint density at radius 2 is 0.350 bits per heavy atom. The van der Waals surface area contributed by atoms with E-state index in [0.29, 0.717) is 24.4 Å². The lowest BCUT2D eigenvalue weighted by atomic mass is 10.2. The summed E-state index contributed by atoms with van der Waals surface area (Å²) < 4.78 is 56.3. The summed E-state index contributed by atoms with van der Waals surface area (Å²) in [5, 5.41) is 0. The average Bonchev–Trinajstić information content (AvgIpc) is 1.03. The molecule has 4 aliphatic rings. The van der Waals surface area contributed by atoms with Gasteiger partial charge in [-0.25, -0.2) is 0 Å². The van der Waals surface area contributed by atoms with Crippen molar-refractivity contribution in [2.75, 3.05) is 265 Å². The van der Waals surface area contributed by atoms with Gasteiger partial charge >= 0.3 is 0 Å². The molecule has 0 aromatic rings. The van der Waals surface area contributed by atoms with Crippen LogP contribution < -0.4 is 0 Å². The van der Waals surface area contributed by atoms with Gasteiger partial charge in [-0.2, -0.15) is 0 Å². The molecule has 0 N–H and O–H groups in total. The number of rotatable bonds is 56. The van der Waals surface area contributed by atoms with Crippen molar-refractivity contribution in [2.24, 2.45) is 0 Å². The van der Waals surface area contributed by atoms with Gasteiger partial charge in [0, 0.05) is 0 Å². The zero-order chi connectivity index (χ0) is 92.4. The highest BCUT2D eigenvalue weighted by molar-refractivity contribution is 4.70. The molecule has 728 valence electrons. The molecule has 0 spiro atoms. The molecular weight excluding hydrogens is 1490 g/mol. The first-order chi connectivity index (χ1) is 56.2. The van der Waals surface area contributed by atoms with Crippen LogP contribution in [0.5, 0.6) is 0 Å². The van der Waals surface area contributed by atoms with Gasteiger partial charge in [0.25, 0.3) is 0 Å². The van der Waals surface area contributed by atoms with E-state index in [1.54, 1.807) is 0 Å². The van der Waals surface area contributed by atoms with Gasteiger partial charge in [-0.15, -0.1) is 0 Å². The topological polar surface area (TPSA) is 73.8 Å². The maximum absolute atomic E-state index is 6.07. The van der Waals surface area contributed by atoms with Crippen molar-refractivity contribution in [2.45, 2.75) is 421 Å². The summed E-state index contributed by atoms with van der Waals surface area (Å²) in [6.45, 7) is 106. The Morgan fingerprint density at radius 1 is 0.192 bits per heavy atom. The molecule has 0 aliphatic heterocycles. The second kappa shape index (κ2) is 71.2. The van der Waals surface area contributed by atoms with Crippen LogP contribution in [0.3, 0.4) is 0 Å². The lowest BCUT2D eigenvalue weighted by Gasteiger charge is -2.38. The minimum absolute atomic E-state index is 0.000369. The van der Waals surface area contributed by atoms with Gasteiger partial charge in [-0.05, 0) is 255 Å². The third-order valence-corrected chi connectivity index (χ3v) is 26.5. The van der Waals surface area contributed by atoms with Gasteiger partial charge in [-0.1, -0.05) is 120 Å². The molecule has 0 amide bonds. The van der Waals surface area contributed by atoms with Crippen molar-refractivity contribution in [1.82, 2.24) is 0 Å². The molecule has 0 saturated heterocycles. The van der Waals surface area contributed by atoms with Gasteiger partial charge < -0.3 is 73.8 Å². The number of ether oxygens (including phenoxy) is 8. The molecule has 2 atom stereocenters. The van der Waals surface area contributed by atoms with Crippen molar-refractivity contribution < 1.29 is 73.8 Å². The standard InChI is InChI=1S/C16H34NO.C15H32NO.C15H34NO.C14H32NO.C13H28NO.C12H28NO.C10H22NO.C9H22NO/c1-4-7-13-17(6-3,12-5-2)14-15-18-16-10-8-9-11-16;1-4-11-16(6-3,12-5-2)13-14-17-15-9-7-8-10-15;1-7-10-12-16(9-3,11-8-2)13-14-17-15(4,5)6;1-7-10-15(9-3,11-8-2)12-13-16-14(4,5)6;1-4-14(5-2,6-3)11-12-15-13-9-7-8-10-13;1-7-13(8-2,9-3)10-11-14-12(4,5)6;1-11(2,3)8-9-12-10-6-4-5-7-10;1-9(2,3)11-8-7-10(4,5)6/h16H,4-15H2,1-3H3;15H,4-14H2,1-3H3;7-14H2,1-6H3;7-13H2,1-6H3;13H,4-12H2,1-3H3;7-11H2,1-6H3;10H,4-9H2,1-3H3;7-8H2,1-6H3/q8*+1. The fourth-order valence-corrected chi connectivity index (χ4v) is 17.6. The second-order valence-electron chi connectivity index (χ2n) is 43.0. The van der Waals surface area contributed by atoms with Crippen LogP contribution in [0.1, 0.15) is 375 Å². The summed E-state index contributed by atoms with van der Waals surface area (Å²) in [7, 11) is 13.1. The van der Waals surface area contributed by atoms with Crippen molar-refractivity contribution in [3.63, 3.8) is 0 Å². The van der Waals surface area contributed by atoms with Crippen LogP contribution in [0.4, 0.5) is 0 Å². The third kappa shape index (κ3) is 69.4. The van der Waals surface area contributed by atoms with Crippen molar-refractivity contribution in [1.29, 1.82) is 0 Å². The van der Waals surface area contributed by atoms with Crippen molar-refractivity contribution in [3.8, 4) is 0 Å². The van der Waals surface area contributed by atoms with Crippen molar-refractivity contribution >= 4 is 0 Å². The molecule has 4 saturated carbocycles. The van der Waals surface area contributed by atoms with E-state index in [9.17, 15) is 0 Å². The lowest BCUT2D eigenvalue weighted by Crippen LogP contribution is -2.51. The minimum atomic E-state index is 0.000369. The number of likely N-dealkylation sites (N-methyl/N-ethyl adjacent to an activating group) is 8. The Morgan fingerprint density at radius 3 is 0.525 bits per heavy atom. The summed E-state index contributed by atoms with van der Waals surface area (Å²) in [4.78, 5) is 0. The predicted octanol–water partition coefficient (Wildman–Crippen LogP) is 23.6. The summed E-state index contributed by atoms with van der Waals surface area (Å²) >= 11 is 0. The molecule has 4 rings (SSSR count). The highest BCUT2D eigenvalue weighted by Crippen LogP contribution is 2.26. The van der Waals surface area contributed by atoms with E-state index in [2.05, 4.69) is 250 Å². The number of nitrogens with zero attached hydrogens (tertiary/aromatic N) is 8. The van der Waals surface area contributed by atoms with Crippen LogP contribution in [0.15, 0.2) is 0 Å². The molecule has 0 aromatic heterocycles. The average molecular weight is 1720 g/mol. The molecule has 0 aromatic carbocycles. The molecule has 16 heteroatoms. The molecule has 4 fully saturated rings. The first-order valence-corrected chi connectivity index (χ1v) is 52.0. The monoisotopic (exact) mass is 1720 g/mol. The number of hydrogen-bond donors (Lipinski definition) is 0. The van der Waals surface area contributed by atoms with E-state index in [-0.39, 0.29) is 22.4 Å². The van der Waals surface area contributed by atoms with E-state index < -0.39 is 0 Å². The fraction of sp³-hybridized carbons (Fsp3) is 1.00. The van der Waals surface area contributed by atoms with Gasteiger partial charge in [0.1, 0.15) is 52.4 Å². The Kier molecular flexibility index (Phi) is 74.5. The van der Waals surface area contributed by atoms with Gasteiger partial charge in [0.05, 0.1) is 260 Å². The summed E-state index contributed by atoms with van der Waals surface area (Å²) in [6.07, 6.45) is 36.7. The summed E-state index contributed by atoms with van der Waals surface area (Å²) in [6, 6.07) is 0. The maximum atomic E-state index is 6.07. The largest absolute Gasteiger partial charge is 0.372 e. The number of quaternary nitrogens is 8. The lowest BCUT2D eigenvalue weighted by molar-refractivity contribution is -0.927. The highest BCUT2D eigenvalue weighted by atomic mass is 16.5. The van der Waals surface area contributed by atoms with Crippen LogP contribution in [-0.2, 0) is 37.9 Å². The van der Waals surface area contributed by atoms with Crippen molar-refractivity contribution in [3.05, 3.63) is 0 Å². The maximum Gasteiger partial charge on any atom is 0.102 e. The first kappa shape index (κ1) is 126. The van der Waals surface area contributed by atoms with Gasteiger partial charge in [0.2, 0.25) is 0 Å².